The highest BCUT2D eigenvalue weighted by molar-refractivity contribution is 5.85. The van der Waals surface area contributed by atoms with Crippen molar-refractivity contribution in [1.29, 1.82) is 0 Å². The summed E-state index contributed by atoms with van der Waals surface area (Å²) < 4.78 is 5.45. The SMILES string of the molecule is COC1CCC(CN)(c2cccc(C)c2)CC1.Cl. The maximum absolute atomic E-state index is 6.07. The molecule has 0 bridgehead atoms. The number of halogens is 1. The van der Waals surface area contributed by atoms with Gasteiger partial charge < -0.3 is 10.5 Å². The highest BCUT2D eigenvalue weighted by Crippen LogP contribution is 2.39. The number of rotatable bonds is 3. The van der Waals surface area contributed by atoms with Gasteiger partial charge >= 0.3 is 0 Å². The lowest BCUT2D eigenvalue weighted by Gasteiger charge is -2.39. The minimum Gasteiger partial charge on any atom is -0.381 e. The van der Waals surface area contributed by atoms with Gasteiger partial charge in [-0.3, -0.25) is 0 Å². The Balaban J connectivity index is 0.00000162. The van der Waals surface area contributed by atoms with Gasteiger partial charge in [-0.2, -0.15) is 0 Å². The van der Waals surface area contributed by atoms with Gasteiger partial charge in [0.1, 0.15) is 0 Å². The van der Waals surface area contributed by atoms with Crippen molar-refractivity contribution in [2.24, 2.45) is 5.73 Å². The van der Waals surface area contributed by atoms with Gasteiger partial charge in [0, 0.05) is 19.1 Å². The Labute approximate surface area is 116 Å². The molecule has 1 aliphatic carbocycles. The summed E-state index contributed by atoms with van der Waals surface area (Å²) >= 11 is 0. The zero-order valence-electron chi connectivity index (χ0n) is 11.3. The summed E-state index contributed by atoms with van der Waals surface area (Å²) in [6.45, 7) is 2.89. The summed E-state index contributed by atoms with van der Waals surface area (Å²) in [6.07, 6.45) is 4.97. The Morgan fingerprint density at radius 3 is 2.50 bits per heavy atom. The predicted molar refractivity (Wildman–Crippen MR) is 78.4 cm³/mol. The molecule has 0 atom stereocenters. The number of hydrogen-bond acceptors (Lipinski definition) is 2. The smallest absolute Gasteiger partial charge is 0.0572 e. The van der Waals surface area contributed by atoms with Gasteiger partial charge in [-0.25, -0.2) is 0 Å². The molecule has 0 aromatic heterocycles. The van der Waals surface area contributed by atoms with Crippen molar-refractivity contribution in [3.8, 4) is 0 Å². The Morgan fingerprint density at radius 1 is 1.33 bits per heavy atom. The molecule has 1 aromatic rings. The molecule has 1 aliphatic rings. The third-order valence-electron chi connectivity index (χ3n) is 4.24. The summed E-state index contributed by atoms with van der Waals surface area (Å²) in [6, 6.07) is 8.81. The van der Waals surface area contributed by atoms with Gasteiger partial charge in [0.25, 0.3) is 0 Å². The second-order valence-electron chi connectivity index (χ2n) is 5.29. The van der Waals surface area contributed by atoms with Gasteiger partial charge in [-0.05, 0) is 38.2 Å². The molecular formula is C15H24ClNO. The summed E-state index contributed by atoms with van der Waals surface area (Å²) in [4.78, 5) is 0. The van der Waals surface area contributed by atoms with Gasteiger partial charge in [-0.1, -0.05) is 29.8 Å². The maximum atomic E-state index is 6.07. The number of methoxy groups -OCH3 is 1. The van der Waals surface area contributed by atoms with E-state index in [2.05, 4.69) is 31.2 Å². The van der Waals surface area contributed by atoms with Crippen molar-refractivity contribution < 1.29 is 4.74 Å². The first-order valence-electron chi connectivity index (χ1n) is 6.50. The highest BCUT2D eigenvalue weighted by Gasteiger charge is 2.35. The molecule has 0 heterocycles. The monoisotopic (exact) mass is 269 g/mol. The Hall–Kier alpha value is -0.570. The van der Waals surface area contributed by atoms with E-state index in [-0.39, 0.29) is 17.8 Å². The normalized spacial score (nSPS) is 27.6. The van der Waals surface area contributed by atoms with Crippen LogP contribution < -0.4 is 5.73 Å². The van der Waals surface area contributed by atoms with Crippen LogP contribution in [0.3, 0.4) is 0 Å². The van der Waals surface area contributed by atoms with Crippen molar-refractivity contribution in [3.05, 3.63) is 35.4 Å². The molecule has 0 spiro atoms. The Bertz CT molecular complexity index is 373. The van der Waals surface area contributed by atoms with Crippen LogP contribution in [0.25, 0.3) is 0 Å². The Kier molecular flexibility index (Phi) is 5.64. The molecule has 2 nitrogen and oxygen atoms in total. The summed E-state index contributed by atoms with van der Waals surface area (Å²) in [5, 5.41) is 0. The van der Waals surface area contributed by atoms with Crippen LogP contribution in [-0.4, -0.2) is 19.8 Å². The molecule has 18 heavy (non-hydrogen) atoms. The van der Waals surface area contributed by atoms with Crippen LogP contribution in [0.4, 0.5) is 0 Å². The third kappa shape index (κ3) is 3.05. The van der Waals surface area contributed by atoms with E-state index in [1.807, 2.05) is 7.11 Å². The largest absolute Gasteiger partial charge is 0.381 e. The first-order valence-corrected chi connectivity index (χ1v) is 6.50. The minimum atomic E-state index is 0. The van der Waals surface area contributed by atoms with Crippen LogP contribution in [0.15, 0.2) is 24.3 Å². The van der Waals surface area contributed by atoms with Crippen LogP contribution in [0.5, 0.6) is 0 Å². The number of ether oxygens (including phenoxy) is 1. The van der Waals surface area contributed by atoms with E-state index in [1.165, 1.54) is 11.1 Å². The quantitative estimate of drug-likeness (QED) is 0.915. The number of hydrogen-bond donors (Lipinski definition) is 1. The van der Waals surface area contributed by atoms with Crippen LogP contribution in [-0.2, 0) is 10.2 Å². The molecule has 102 valence electrons. The molecule has 1 saturated carbocycles. The van der Waals surface area contributed by atoms with E-state index in [0.29, 0.717) is 6.10 Å². The van der Waals surface area contributed by atoms with Crippen molar-refractivity contribution in [1.82, 2.24) is 0 Å². The van der Waals surface area contributed by atoms with Crippen LogP contribution >= 0.6 is 12.4 Å². The molecule has 2 N–H and O–H groups in total. The maximum Gasteiger partial charge on any atom is 0.0572 e. The third-order valence-corrected chi connectivity index (χ3v) is 4.24. The van der Waals surface area contributed by atoms with Crippen LogP contribution in [0, 0.1) is 6.92 Å². The zero-order valence-corrected chi connectivity index (χ0v) is 12.1. The molecule has 0 radical (unpaired) electrons. The summed E-state index contributed by atoms with van der Waals surface area (Å²) in [7, 11) is 1.81. The zero-order chi connectivity index (χ0) is 12.3. The molecule has 0 unspecified atom stereocenters. The fourth-order valence-electron chi connectivity index (χ4n) is 2.97. The van der Waals surface area contributed by atoms with Crippen LogP contribution in [0.2, 0.25) is 0 Å². The molecule has 1 aromatic carbocycles. The fraction of sp³-hybridized carbons (Fsp3) is 0.600. The van der Waals surface area contributed by atoms with Gasteiger partial charge in [0.15, 0.2) is 0 Å². The average molecular weight is 270 g/mol. The topological polar surface area (TPSA) is 35.2 Å². The molecule has 3 heteroatoms. The summed E-state index contributed by atoms with van der Waals surface area (Å²) in [5.41, 5.74) is 8.98. The van der Waals surface area contributed by atoms with Crippen LogP contribution in [0.1, 0.15) is 36.8 Å². The van der Waals surface area contributed by atoms with E-state index in [0.717, 1.165) is 32.2 Å². The van der Waals surface area contributed by atoms with E-state index in [1.54, 1.807) is 0 Å². The van der Waals surface area contributed by atoms with Crippen molar-refractivity contribution >= 4 is 12.4 Å². The van der Waals surface area contributed by atoms with Gasteiger partial charge in [0.2, 0.25) is 0 Å². The molecule has 1 fully saturated rings. The van der Waals surface area contributed by atoms with Gasteiger partial charge in [-0.15, -0.1) is 12.4 Å². The number of benzene rings is 1. The van der Waals surface area contributed by atoms with Crippen molar-refractivity contribution in [2.75, 3.05) is 13.7 Å². The van der Waals surface area contributed by atoms with Crippen molar-refractivity contribution in [3.63, 3.8) is 0 Å². The van der Waals surface area contributed by atoms with E-state index < -0.39 is 0 Å². The molecule has 2 rings (SSSR count). The predicted octanol–water partition coefficient (Wildman–Crippen LogP) is 3.20. The minimum absolute atomic E-state index is 0. The van der Waals surface area contributed by atoms with E-state index in [4.69, 9.17) is 10.5 Å². The molecular weight excluding hydrogens is 246 g/mol. The Morgan fingerprint density at radius 2 is 2.00 bits per heavy atom. The second kappa shape index (κ2) is 6.55. The second-order valence-corrected chi connectivity index (χ2v) is 5.29. The number of nitrogens with two attached hydrogens (primary N) is 1. The first-order chi connectivity index (χ1) is 8.20. The fourth-order valence-corrected chi connectivity index (χ4v) is 2.97. The highest BCUT2D eigenvalue weighted by atomic mass is 35.5. The van der Waals surface area contributed by atoms with E-state index in [9.17, 15) is 0 Å². The standard InChI is InChI=1S/C15H23NO.ClH/c1-12-4-3-5-13(10-12)15(11-16)8-6-14(17-2)7-9-15;/h3-5,10,14H,6-9,11,16H2,1-2H3;1H. The lowest BCUT2D eigenvalue weighted by Crippen LogP contribution is -2.40. The number of aryl methyl sites for hydroxylation is 1. The lowest BCUT2D eigenvalue weighted by atomic mass is 9.68. The first kappa shape index (κ1) is 15.5. The lowest BCUT2D eigenvalue weighted by molar-refractivity contribution is 0.0497. The molecule has 0 saturated heterocycles. The van der Waals surface area contributed by atoms with Crippen molar-refractivity contribution in [2.45, 2.75) is 44.1 Å². The molecule has 0 amide bonds. The average Bonchev–Trinajstić information content (AvgIpc) is 2.39. The molecule has 0 aliphatic heterocycles. The summed E-state index contributed by atoms with van der Waals surface area (Å²) in [5.74, 6) is 0. The van der Waals surface area contributed by atoms with E-state index >= 15 is 0 Å². The van der Waals surface area contributed by atoms with Gasteiger partial charge in [0.05, 0.1) is 6.10 Å².